The molecule has 0 radical (unpaired) electrons. The third kappa shape index (κ3) is 16.2. The Kier molecular flexibility index (Phi) is 18.8. The van der Waals surface area contributed by atoms with Gasteiger partial charge in [-0.1, -0.05) is 129 Å². The SMILES string of the molecule is CCCCCCCCCC(CCCCCCC[C@@H]1CC1CCCCCCCC)OC(=O)C1CCN(C)C1. The number of carbonyl (C=O) groups excluding carboxylic acids is 1. The van der Waals surface area contributed by atoms with Crippen molar-refractivity contribution in [1.82, 2.24) is 4.90 Å². The first-order valence-electron chi connectivity index (χ1n) is 17.0. The fourth-order valence-corrected chi connectivity index (χ4v) is 6.49. The maximum Gasteiger partial charge on any atom is 0.310 e. The Labute approximate surface area is 232 Å². The minimum absolute atomic E-state index is 0.0808. The molecular formula is C34H65NO2. The number of ether oxygens (including phenoxy) is 1. The summed E-state index contributed by atoms with van der Waals surface area (Å²) in [5.74, 6) is 2.33. The van der Waals surface area contributed by atoms with E-state index in [0.717, 1.165) is 44.2 Å². The Bertz CT molecular complexity index is 550. The number of hydrogen-bond acceptors (Lipinski definition) is 3. The third-order valence-corrected chi connectivity index (χ3v) is 9.24. The van der Waals surface area contributed by atoms with Gasteiger partial charge < -0.3 is 9.64 Å². The van der Waals surface area contributed by atoms with Crippen LogP contribution in [0.25, 0.3) is 0 Å². The molecular weight excluding hydrogens is 454 g/mol. The topological polar surface area (TPSA) is 29.5 Å². The first-order chi connectivity index (χ1) is 18.1. The standard InChI is InChI=1S/C34H65NO2/c1-4-6-8-10-12-16-20-24-33(37-34(36)32-26-27-35(3)29-32)25-21-17-13-15-19-23-31-28-30(31)22-18-14-11-9-7-5-2/h30-33H,4-29H2,1-3H3/t30?,31-,32?,33?/m1/s1. The monoisotopic (exact) mass is 520 g/mol. The van der Waals surface area contributed by atoms with Gasteiger partial charge in [0.15, 0.2) is 0 Å². The molecule has 0 bridgehead atoms. The van der Waals surface area contributed by atoms with E-state index in [9.17, 15) is 4.79 Å². The van der Waals surface area contributed by atoms with Crippen molar-refractivity contribution in [3.8, 4) is 0 Å². The fourth-order valence-electron chi connectivity index (χ4n) is 6.49. The van der Waals surface area contributed by atoms with E-state index >= 15 is 0 Å². The lowest BCUT2D eigenvalue weighted by Crippen LogP contribution is -2.26. The zero-order chi connectivity index (χ0) is 26.6. The largest absolute Gasteiger partial charge is 0.462 e. The summed E-state index contributed by atoms with van der Waals surface area (Å²) in [5, 5.41) is 0. The van der Waals surface area contributed by atoms with Gasteiger partial charge in [-0.15, -0.1) is 0 Å². The van der Waals surface area contributed by atoms with Crippen molar-refractivity contribution in [2.24, 2.45) is 17.8 Å². The van der Waals surface area contributed by atoms with Gasteiger partial charge in [-0.25, -0.2) is 0 Å². The lowest BCUT2D eigenvalue weighted by Gasteiger charge is -2.20. The predicted octanol–water partition coefficient (Wildman–Crippen LogP) is 10.1. The maximum atomic E-state index is 12.8. The van der Waals surface area contributed by atoms with Gasteiger partial charge in [-0.05, 0) is 64.0 Å². The van der Waals surface area contributed by atoms with Crippen LogP contribution in [0.2, 0.25) is 0 Å². The van der Waals surface area contributed by atoms with E-state index in [1.165, 1.54) is 135 Å². The second-order valence-corrected chi connectivity index (χ2v) is 12.9. The number of hydrogen-bond donors (Lipinski definition) is 0. The number of esters is 1. The Hall–Kier alpha value is -0.570. The lowest BCUT2D eigenvalue weighted by atomic mass is 10.0. The second-order valence-electron chi connectivity index (χ2n) is 12.9. The van der Waals surface area contributed by atoms with Crippen LogP contribution in [0.5, 0.6) is 0 Å². The summed E-state index contributed by atoms with van der Waals surface area (Å²) < 4.78 is 6.10. The molecule has 1 heterocycles. The number of rotatable bonds is 25. The number of unbranched alkanes of at least 4 members (excludes halogenated alkanes) is 15. The van der Waals surface area contributed by atoms with Crippen molar-refractivity contribution >= 4 is 5.97 Å². The van der Waals surface area contributed by atoms with Crippen LogP contribution in [-0.4, -0.2) is 37.1 Å². The minimum Gasteiger partial charge on any atom is -0.462 e. The Morgan fingerprint density at radius 2 is 1.16 bits per heavy atom. The van der Waals surface area contributed by atoms with Crippen LogP contribution in [0.4, 0.5) is 0 Å². The summed E-state index contributed by atoms with van der Waals surface area (Å²) in [5.41, 5.74) is 0. The van der Waals surface area contributed by atoms with E-state index in [1.807, 2.05) is 0 Å². The van der Waals surface area contributed by atoms with Crippen molar-refractivity contribution in [3.63, 3.8) is 0 Å². The molecule has 1 saturated heterocycles. The highest BCUT2D eigenvalue weighted by molar-refractivity contribution is 5.73. The van der Waals surface area contributed by atoms with Crippen LogP contribution in [0.3, 0.4) is 0 Å². The van der Waals surface area contributed by atoms with Crippen LogP contribution < -0.4 is 0 Å². The maximum absolute atomic E-state index is 12.8. The molecule has 1 saturated carbocycles. The van der Waals surface area contributed by atoms with Crippen molar-refractivity contribution in [3.05, 3.63) is 0 Å². The Morgan fingerprint density at radius 3 is 1.62 bits per heavy atom. The molecule has 2 aliphatic rings. The lowest BCUT2D eigenvalue weighted by molar-refractivity contribution is -0.154. The molecule has 4 atom stereocenters. The van der Waals surface area contributed by atoms with Gasteiger partial charge in [0.2, 0.25) is 0 Å². The van der Waals surface area contributed by atoms with Crippen molar-refractivity contribution in [1.29, 1.82) is 0 Å². The predicted molar refractivity (Wildman–Crippen MR) is 160 cm³/mol. The molecule has 0 aromatic carbocycles. The van der Waals surface area contributed by atoms with Crippen LogP contribution in [-0.2, 0) is 9.53 Å². The normalized spacial score (nSPS) is 22.4. The minimum atomic E-state index is 0.0808. The highest BCUT2D eigenvalue weighted by Gasteiger charge is 2.35. The van der Waals surface area contributed by atoms with Crippen molar-refractivity contribution in [2.75, 3.05) is 20.1 Å². The highest BCUT2D eigenvalue weighted by Crippen LogP contribution is 2.45. The Morgan fingerprint density at radius 1 is 0.703 bits per heavy atom. The highest BCUT2D eigenvalue weighted by atomic mass is 16.5. The van der Waals surface area contributed by atoms with E-state index in [4.69, 9.17) is 4.74 Å². The zero-order valence-electron chi connectivity index (χ0n) is 25.5. The van der Waals surface area contributed by atoms with Gasteiger partial charge in [-0.2, -0.15) is 0 Å². The second kappa shape index (κ2) is 21.3. The number of carbonyl (C=O) groups is 1. The molecule has 218 valence electrons. The summed E-state index contributed by atoms with van der Waals surface area (Å²) in [6.07, 6.45) is 32.5. The molecule has 3 nitrogen and oxygen atoms in total. The fraction of sp³-hybridized carbons (Fsp3) is 0.971. The molecule has 1 aliphatic heterocycles. The third-order valence-electron chi connectivity index (χ3n) is 9.24. The van der Waals surface area contributed by atoms with Gasteiger partial charge >= 0.3 is 5.97 Å². The molecule has 2 rings (SSSR count). The summed E-state index contributed by atoms with van der Waals surface area (Å²) >= 11 is 0. The summed E-state index contributed by atoms with van der Waals surface area (Å²) in [6.45, 7) is 6.49. The first-order valence-corrected chi connectivity index (χ1v) is 17.0. The first kappa shape index (κ1) is 32.6. The number of nitrogens with zero attached hydrogens (tertiary/aromatic N) is 1. The molecule has 2 fully saturated rings. The quantitative estimate of drug-likeness (QED) is 0.0887. The number of likely N-dealkylation sites (tertiary alicyclic amines) is 1. The average Bonchev–Trinajstić information content (AvgIpc) is 3.49. The molecule has 0 N–H and O–H groups in total. The molecule has 3 heteroatoms. The molecule has 0 aromatic heterocycles. The van der Waals surface area contributed by atoms with E-state index in [-0.39, 0.29) is 18.0 Å². The zero-order valence-corrected chi connectivity index (χ0v) is 25.5. The smallest absolute Gasteiger partial charge is 0.310 e. The van der Waals surface area contributed by atoms with Crippen LogP contribution in [0.1, 0.15) is 168 Å². The summed E-state index contributed by atoms with van der Waals surface area (Å²) in [6, 6.07) is 0. The average molecular weight is 520 g/mol. The molecule has 0 aromatic rings. The van der Waals surface area contributed by atoms with E-state index < -0.39 is 0 Å². The van der Waals surface area contributed by atoms with Crippen molar-refractivity contribution < 1.29 is 9.53 Å². The van der Waals surface area contributed by atoms with Crippen LogP contribution in [0.15, 0.2) is 0 Å². The van der Waals surface area contributed by atoms with E-state index in [0.29, 0.717) is 0 Å². The van der Waals surface area contributed by atoms with Gasteiger partial charge in [0, 0.05) is 6.54 Å². The van der Waals surface area contributed by atoms with Gasteiger partial charge in [0.25, 0.3) is 0 Å². The molecule has 0 amide bonds. The van der Waals surface area contributed by atoms with Gasteiger partial charge in [0.05, 0.1) is 5.92 Å². The van der Waals surface area contributed by atoms with E-state index in [2.05, 4.69) is 25.8 Å². The van der Waals surface area contributed by atoms with Crippen LogP contribution in [0, 0.1) is 17.8 Å². The summed E-state index contributed by atoms with van der Waals surface area (Å²) in [4.78, 5) is 15.0. The van der Waals surface area contributed by atoms with Crippen LogP contribution >= 0.6 is 0 Å². The van der Waals surface area contributed by atoms with Crippen molar-refractivity contribution in [2.45, 2.75) is 174 Å². The van der Waals surface area contributed by atoms with E-state index in [1.54, 1.807) is 0 Å². The molecule has 3 unspecified atom stereocenters. The summed E-state index contributed by atoms with van der Waals surface area (Å²) in [7, 11) is 2.11. The molecule has 37 heavy (non-hydrogen) atoms. The van der Waals surface area contributed by atoms with Gasteiger partial charge in [0.1, 0.15) is 6.10 Å². The van der Waals surface area contributed by atoms with Gasteiger partial charge in [-0.3, -0.25) is 4.79 Å². The molecule has 0 spiro atoms. The molecule has 1 aliphatic carbocycles. The Balaban J connectivity index is 1.50.